The molecule has 2 aromatic carbocycles. The third-order valence-corrected chi connectivity index (χ3v) is 4.25. The number of halogens is 1. The minimum atomic E-state index is -0.467. The lowest BCUT2D eigenvalue weighted by molar-refractivity contribution is -0.112. The second-order valence-electron chi connectivity index (χ2n) is 5.70. The van der Waals surface area contributed by atoms with Crippen LogP contribution in [0.15, 0.2) is 59.1 Å². The normalized spacial score (nSPS) is 10.8. The molecule has 0 aromatic heterocycles. The van der Waals surface area contributed by atoms with Gasteiger partial charge in [0.1, 0.15) is 24.0 Å². The second kappa shape index (κ2) is 9.02. The maximum absolute atomic E-state index is 12.5. The topological polar surface area (TPSA) is 62.1 Å². The van der Waals surface area contributed by atoms with Crippen LogP contribution in [0.3, 0.4) is 0 Å². The lowest BCUT2D eigenvalue weighted by Crippen LogP contribution is -2.13. The van der Waals surface area contributed by atoms with Crippen LogP contribution in [-0.4, -0.2) is 12.5 Å². The summed E-state index contributed by atoms with van der Waals surface area (Å²) in [6.07, 6.45) is 3.15. The van der Waals surface area contributed by atoms with Gasteiger partial charge < -0.3 is 10.1 Å². The third kappa shape index (κ3) is 5.08. The van der Waals surface area contributed by atoms with E-state index in [1.165, 1.54) is 6.08 Å². The number of hydrogen-bond donors (Lipinski definition) is 1. The molecule has 1 amide bonds. The summed E-state index contributed by atoms with van der Waals surface area (Å²) in [4.78, 5) is 12.5. The number of ether oxygens (including phenoxy) is 1. The standard InChI is InChI=1S/C21H19BrN2O2/c1-4-9-26-20-8-6-18(22)12-16(20)11-17(13-23)21(25)24-19-7-5-14(2)15(3)10-19/h4-8,10-12H,1,9H2,2-3H3,(H,24,25)/b17-11+. The Morgan fingerprint density at radius 1 is 1.27 bits per heavy atom. The van der Waals surface area contributed by atoms with Crippen molar-refractivity contribution in [2.24, 2.45) is 0 Å². The molecule has 0 aliphatic carbocycles. The average Bonchev–Trinajstić information content (AvgIpc) is 2.62. The number of nitrogens with one attached hydrogen (secondary N) is 1. The Bertz CT molecular complexity index is 911. The Labute approximate surface area is 161 Å². The van der Waals surface area contributed by atoms with Crippen molar-refractivity contribution in [2.45, 2.75) is 13.8 Å². The van der Waals surface area contributed by atoms with E-state index in [-0.39, 0.29) is 5.57 Å². The number of rotatable bonds is 6. The van der Waals surface area contributed by atoms with Crippen LogP contribution in [0.2, 0.25) is 0 Å². The predicted molar refractivity (Wildman–Crippen MR) is 108 cm³/mol. The molecule has 0 saturated carbocycles. The molecule has 0 saturated heterocycles. The van der Waals surface area contributed by atoms with Crippen molar-refractivity contribution in [3.63, 3.8) is 0 Å². The lowest BCUT2D eigenvalue weighted by Gasteiger charge is -2.09. The fourth-order valence-electron chi connectivity index (χ4n) is 2.23. The summed E-state index contributed by atoms with van der Waals surface area (Å²) in [7, 11) is 0. The number of nitriles is 1. The zero-order valence-electron chi connectivity index (χ0n) is 14.7. The highest BCUT2D eigenvalue weighted by atomic mass is 79.9. The third-order valence-electron chi connectivity index (χ3n) is 3.76. The summed E-state index contributed by atoms with van der Waals surface area (Å²) in [5, 5.41) is 12.2. The molecule has 0 radical (unpaired) electrons. The van der Waals surface area contributed by atoms with Crippen LogP contribution in [0.1, 0.15) is 16.7 Å². The monoisotopic (exact) mass is 410 g/mol. The van der Waals surface area contributed by atoms with Gasteiger partial charge in [-0.15, -0.1) is 0 Å². The molecule has 0 aliphatic rings. The van der Waals surface area contributed by atoms with Crippen molar-refractivity contribution in [3.05, 3.63) is 75.8 Å². The highest BCUT2D eigenvalue weighted by Crippen LogP contribution is 2.26. The van der Waals surface area contributed by atoms with Crippen LogP contribution in [0.5, 0.6) is 5.75 Å². The summed E-state index contributed by atoms with van der Waals surface area (Å²) in [6.45, 7) is 7.92. The summed E-state index contributed by atoms with van der Waals surface area (Å²) in [5.41, 5.74) is 3.48. The van der Waals surface area contributed by atoms with E-state index in [9.17, 15) is 10.1 Å². The molecule has 5 heteroatoms. The molecule has 26 heavy (non-hydrogen) atoms. The molecule has 2 aromatic rings. The molecule has 0 aliphatic heterocycles. The first-order chi connectivity index (χ1) is 12.4. The van der Waals surface area contributed by atoms with Crippen LogP contribution < -0.4 is 10.1 Å². The summed E-state index contributed by atoms with van der Waals surface area (Å²) < 4.78 is 6.41. The number of anilines is 1. The lowest BCUT2D eigenvalue weighted by atomic mass is 10.1. The first-order valence-corrected chi connectivity index (χ1v) is 8.77. The van der Waals surface area contributed by atoms with Crippen LogP contribution in [0.25, 0.3) is 6.08 Å². The van der Waals surface area contributed by atoms with E-state index in [2.05, 4.69) is 27.8 Å². The zero-order valence-corrected chi connectivity index (χ0v) is 16.3. The summed E-state index contributed by atoms with van der Waals surface area (Å²) in [5.74, 6) is 0.102. The van der Waals surface area contributed by atoms with Gasteiger partial charge in [-0.3, -0.25) is 4.79 Å². The van der Waals surface area contributed by atoms with Gasteiger partial charge >= 0.3 is 0 Å². The minimum absolute atomic E-state index is 0.00946. The van der Waals surface area contributed by atoms with E-state index in [4.69, 9.17) is 4.74 Å². The smallest absolute Gasteiger partial charge is 0.266 e. The first kappa shape index (κ1) is 19.5. The molecule has 132 valence electrons. The number of aryl methyl sites for hydroxylation is 2. The maximum Gasteiger partial charge on any atom is 0.266 e. The van der Waals surface area contributed by atoms with Crippen LogP contribution in [-0.2, 0) is 4.79 Å². The molecule has 0 spiro atoms. The quantitative estimate of drug-likeness (QED) is 0.405. The molecular weight excluding hydrogens is 392 g/mol. The van der Waals surface area contributed by atoms with E-state index in [0.29, 0.717) is 23.6 Å². The van der Waals surface area contributed by atoms with Crippen molar-refractivity contribution in [2.75, 3.05) is 11.9 Å². The van der Waals surface area contributed by atoms with Gasteiger partial charge in [0.25, 0.3) is 5.91 Å². The van der Waals surface area contributed by atoms with Gasteiger partial charge in [0.2, 0.25) is 0 Å². The SMILES string of the molecule is C=CCOc1ccc(Br)cc1/C=C(\C#N)C(=O)Nc1ccc(C)c(C)c1. The van der Waals surface area contributed by atoms with Crippen molar-refractivity contribution in [3.8, 4) is 11.8 Å². The number of benzene rings is 2. The van der Waals surface area contributed by atoms with Gasteiger partial charge in [0.15, 0.2) is 0 Å². The van der Waals surface area contributed by atoms with E-state index >= 15 is 0 Å². The number of carbonyl (C=O) groups is 1. The molecule has 0 unspecified atom stereocenters. The van der Waals surface area contributed by atoms with Crippen LogP contribution in [0.4, 0.5) is 5.69 Å². The highest BCUT2D eigenvalue weighted by Gasteiger charge is 2.12. The molecule has 0 atom stereocenters. The Morgan fingerprint density at radius 3 is 2.69 bits per heavy atom. The van der Waals surface area contributed by atoms with Crippen molar-refractivity contribution < 1.29 is 9.53 Å². The highest BCUT2D eigenvalue weighted by molar-refractivity contribution is 9.10. The van der Waals surface area contributed by atoms with E-state index in [1.54, 1.807) is 18.2 Å². The number of amides is 1. The minimum Gasteiger partial charge on any atom is -0.489 e. The number of carbonyl (C=O) groups excluding carboxylic acids is 1. The van der Waals surface area contributed by atoms with Crippen molar-refractivity contribution in [1.82, 2.24) is 0 Å². The molecule has 2 rings (SSSR count). The van der Waals surface area contributed by atoms with Crippen LogP contribution in [0, 0.1) is 25.2 Å². The Morgan fingerprint density at radius 2 is 2.04 bits per heavy atom. The molecule has 1 N–H and O–H groups in total. The van der Waals surface area contributed by atoms with Crippen LogP contribution >= 0.6 is 15.9 Å². The average molecular weight is 411 g/mol. The summed E-state index contributed by atoms with van der Waals surface area (Å²) in [6, 6.07) is 13.0. The van der Waals surface area contributed by atoms with E-state index in [1.807, 2.05) is 44.2 Å². The van der Waals surface area contributed by atoms with Gasteiger partial charge in [-0.05, 0) is 61.4 Å². The second-order valence-corrected chi connectivity index (χ2v) is 6.62. The Kier molecular flexibility index (Phi) is 6.76. The Hall–Kier alpha value is -2.84. The predicted octanol–water partition coefficient (Wildman–Crippen LogP) is 5.18. The number of nitrogens with zero attached hydrogens (tertiary/aromatic N) is 1. The fourth-order valence-corrected chi connectivity index (χ4v) is 2.61. The van der Waals surface area contributed by atoms with Gasteiger partial charge in [-0.2, -0.15) is 5.26 Å². The van der Waals surface area contributed by atoms with E-state index < -0.39 is 5.91 Å². The molecule has 0 bridgehead atoms. The van der Waals surface area contributed by atoms with Gasteiger partial charge in [0.05, 0.1) is 0 Å². The molecule has 0 heterocycles. The van der Waals surface area contributed by atoms with Gasteiger partial charge in [-0.25, -0.2) is 0 Å². The zero-order chi connectivity index (χ0) is 19.1. The molecule has 0 fully saturated rings. The van der Waals surface area contributed by atoms with Gasteiger partial charge in [0, 0.05) is 15.7 Å². The van der Waals surface area contributed by atoms with Gasteiger partial charge in [-0.1, -0.05) is 34.7 Å². The van der Waals surface area contributed by atoms with Crippen molar-refractivity contribution >= 4 is 33.6 Å². The molecular formula is C21H19BrN2O2. The van der Waals surface area contributed by atoms with E-state index in [0.717, 1.165) is 15.6 Å². The maximum atomic E-state index is 12.5. The first-order valence-electron chi connectivity index (χ1n) is 7.98. The number of hydrogen-bond acceptors (Lipinski definition) is 3. The fraction of sp³-hybridized carbons (Fsp3) is 0.143. The Balaban J connectivity index is 2.30. The summed E-state index contributed by atoms with van der Waals surface area (Å²) >= 11 is 3.39. The molecule has 4 nitrogen and oxygen atoms in total. The largest absolute Gasteiger partial charge is 0.489 e. The van der Waals surface area contributed by atoms with Crippen molar-refractivity contribution in [1.29, 1.82) is 5.26 Å².